The van der Waals surface area contributed by atoms with E-state index in [1.54, 1.807) is 0 Å². The maximum atomic E-state index is 5.38. The molecule has 1 unspecified atom stereocenters. The van der Waals surface area contributed by atoms with Gasteiger partial charge in [0.05, 0.1) is 0 Å². The molecule has 1 nitrogen and oxygen atoms in total. The van der Waals surface area contributed by atoms with E-state index < -0.39 is 0 Å². The lowest BCUT2D eigenvalue weighted by molar-refractivity contribution is 0.543. The topological polar surface area (TPSA) is 26.0 Å². The van der Waals surface area contributed by atoms with Crippen LogP contribution in [0.3, 0.4) is 0 Å². The number of hydrogen-bond acceptors (Lipinski definition) is 1. The van der Waals surface area contributed by atoms with E-state index in [-0.39, 0.29) is 0 Å². The van der Waals surface area contributed by atoms with E-state index in [0.29, 0.717) is 0 Å². The Hall–Kier alpha value is -0.0400. The first-order valence-electron chi connectivity index (χ1n) is 4.34. The average molecular weight is 142 g/mol. The van der Waals surface area contributed by atoms with Crippen molar-refractivity contribution < 1.29 is 0 Å². The van der Waals surface area contributed by atoms with Crippen molar-refractivity contribution in [3.8, 4) is 0 Å². The van der Waals surface area contributed by atoms with Gasteiger partial charge in [0.25, 0.3) is 0 Å². The molecule has 2 N–H and O–H groups in total. The predicted molar refractivity (Wildman–Crippen MR) is 46.7 cm³/mol. The first-order valence-corrected chi connectivity index (χ1v) is 4.34. The molecule has 0 amide bonds. The summed E-state index contributed by atoms with van der Waals surface area (Å²) >= 11 is 0. The first-order chi connectivity index (χ1) is 4.81. The van der Waals surface area contributed by atoms with Crippen molar-refractivity contribution in [1.82, 2.24) is 0 Å². The van der Waals surface area contributed by atoms with Gasteiger partial charge in [-0.3, -0.25) is 0 Å². The van der Waals surface area contributed by atoms with Crippen LogP contribution in [0.1, 0.15) is 39.5 Å². The molecule has 0 aromatic carbocycles. The summed E-state index contributed by atoms with van der Waals surface area (Å²) in [7, 11) is 0. The van der Waals surface area contributed by atoms with Crippen molar-refractivity contribution >= 4 is 0 Å². The number of unbranched alkanes of at least 4 members (excludes halogenated alkanes) is 2. The highest BCUT2D eigenvalue weighted by Crippen LogP contribution is 2.10. The summed E-state index contributed by atoms with van der Waals surface area (Å²) in [4.78, 5) is 0. The zero-order valence-electron chi connectivity index (χ0n) is 7.27. The minimum Gasteiger partial charge on any atom is -0.330 e. The summed E-state index contributed by atoms with van der Waals surface area (Å²) < 4.78 is 0. The lowest BCUT2D eigenvalue weighted by Crippen LogP contribution is -2.06. The number of rotatable bonds is 6. The van der Waals surface area contributed by atoms with Crippen molar-refractivity contribution in [1.29, 1.82) is 0 Å². The van der Waals surface area contributed by atoms with E-state index in [0.717, 1.165) is 12.5 Å². The van der Waals surface area contributed by atoms with E-state index in [2.05, 4.69) is 20.3 Å². The number of nitrogens with two attached hydrogens (primary N) is 1. The van der Waals surface area contributed by atoms with Crippen LogP contribution in [0.5, 0.6) is 0 Å². The third kappa shape index (κ3) is 6.09. The second-order valence-electron chi connectivity index (χ2n) is 2.94. The van der Waals surface area contributed by atoms with Gasteiger partial charge in [0.1, 0.15) is 0 Å². The SMILES string of the molecule is CCCCCC(C)[CH]CN. The van der Waals surface area contributed by atoms with Gasteiger partial charge in [-0.2, -0.15) is 0 Å². The molecule has 10 heavy (non-hydrogen) atoms. The van der Waals surface area contributed by atoms with Crippen LogP contribution in [0.4, 0.5) is 0 Å². The third-order valence-electron chi connectivity index (χ3n) is 1.80. The summed E-state index contributed by atoms with van der Waals surface area (Å²) in [5, 5.41) is 0. The maximum absolute atomic E-state index is 5.38. The van der Waals surface area contributed by atoms with Crippen molar-refractivity contribution in [3.63, 3.8) is 0 Å². The van der Waals surface area contributed by atoms with Crippen molar-refractivity contribution in [2.75, 3.05) is 6.54 Å². The fourth-order valence-corrected chi connectivity index (χ4v) is 1.07. The fourth-order valence-electron chi connectivity index (χ4n) is 1.07. The van der Waals surface area contributed by atoms with Crippen LogP contribution in [-0.4, -0.2) is 6.54 Å². The lowest BCUT2D eigenvalue weighted by Gasteiger charge is -2.07. The van der Waals surface area contributed by atoms with Gasteiger partial charge in [-0.1, -0.05) is 39.5 Å². The molecule has 0 spiro atoms. The summed E-state index contributed by atoms with van der Waals surface area (Å²) in [6.07, 6.45) is 7.53. The van der Waals surface area contributed by atoms with Gasteiger partial charge in [-0.05, 0) is 18.9 Å². The van der Waals surface area contributed by atoms with Gasteiger partial charge in [-0.25, -0.2) is 0 Å². The summed E-state index contributed by atoms with van der Waals surface area (Å²) in [6.45, 7) is 5.20. The molecule has 0 rings (SSSR count). The fraction of sp³-hybridized carbons (Fsp3) is 0.889. The minimum atomic E-state index is 0.719. The van der Waals surface area contributed by atoms with Gasteiger partial charge in [0.15, 0.2) is 0 Å². The average Bonchev–Trinajstić information content (AvgIpc) is 1.89. The molecular weight excluding hydrogens is 122 g/mol. The van der Waals surface area contributed by atoms with Crippen LogP contribution in [-0.2, 0) is 0 Å². The standard InChI is InChI=1S/C9H20N/c1-3-4-5-6-9(2)7-8-10/h7,9H,3-6,8,10H2,1-2H3. The molecule has 1 radical (unpaired) electrons. The molecule has 0 bridgehead atoms. The summed E-state index contributed by atoms with van der Waals surface area (Å²) in [6, 6.07) is 0. The molecule has 1 heteroatoms. The molecule has 0 aliphatic heterocycles. The second-order valence-corrected chi connectivity index (χ2v) is 2.94. The molecule has 0 saturated carbocycles. The molecule has 61 valence electrons. The van der Waals surface area contributed by atoms with Crippen LogP contribution in [0.15, 0.2) is 0 Å². The van der Waals surface area contributed by atoms with E-state index in [1.807, 2.05) is 0 Å². The van der Waals surface area contributed by atoms with E-state index in [4.69, 9.17) is 5.73 Å². The molecule has 0 saturated heterocycles. The van der Waals surface area contributed by atoms with Gasteiger partial charge in [0.2, 0.25) is 0 Å². The minimum absolute atomic E-state index is 0.719. The van der Waals surface area contributed by atoms with Crippen LogP contribution in [0, 0.1) is 12.3 Å². The molecular formula is C9H20N. The van der Waals surface area contributed by atoms with Crippen molar-refractivity contribution in [2.45, 2.75) is 39.5 Å². The van der Waals surface area contributed by atoms with E-state index in [1.165, 1.54) is 25.7 Å². The normalized spacial score (nSPS) is 13.5. The smallest absolute Gasteiger partial charge is 0.00431 e. The highest BCUT2D eigenvalue weighted by atomic mass is 14.5. The van der Waals surface area contributed by atoms with Gasteiger partial charge >= 0.3 is 0 Å². The number of hydrogen-bond donors (Lipinski definition) is 1. The van der Waals surface area contributed by atoms with Crippen LogP contribution >= 0.6 is 0 Å². The van der Waals surface area contributed by atoms with E-state index >= 15 is 0 Å². The van der Waals surface area contributed by atoms with Crippen LogP contribution < -0.4 is 5.73 Å². The lowest BCUT2D eigenvalue weighted by atomic mass is 10.0. The molecule has 0 heterocycles. The molecule has 1 atom stereocenters. The Kier molecular flexibility index (Phi) is 7.04. The molecule has 0 aromatic rings. The molecule has 0 aromatic heterocycles. The summed E-state index contributed by atoms with van der Waals surface area (Å²) in [5.74, 6) is 0.719. The highest BCUT2D eigenvalue weighted by Gasteiger charge is 1.98. The van der Waals surface area contributed by atoms with Gasteiger partial charge in [-0.15, -0.1) is 0 Å². The Morgan fingerprint density at radius 3 is 2.60 bits per heavy atom. The van der Waals surface area contributed by atoms with Crippen LogP contribution in [0.2, 0.25) is 0 Å². The second kappa shape index (κ2) is 7.07. The van der Waals surface area contributed by atoms with Gasteiger partial charge in [0, 0.05) is 0 Å². The Morgan fingerprint density at radius 2 is 2.10 bits per heavy atom. The Morgan fingerprint density at radius 1 is 1.40 bits per heavy atom. The quantitative estimate of drug-likeness (QED) is 0.566. The Balaban J connectivity index is 2.97. The monoisotopic (exact) mass is 142 g/mol. The zero-order valence-corrected chi connectivity index (χ0v) is 7.27. The largest absolute Gasteiger partial charge is 0.330 e. The van der Waals surface area contributed by atoms with Crippen molar-refractivity contribution in [2.24, 2.45) is 11.7 Å². The predicted octanol–water partition coefficient (Wildman–Crippen LogP) is 2.37. The van der Waals surface area contributed by atoms with Gasteiger partial charge < -0.3 is 5.73 Å². The zero-order chi connectivity index (χ0) is 7.82. The van der Waals surface area contributed by atoms with E-state index in [9.17, 15) is 0 Å². The third-order valence-corrected chi connectivity index (χ3v) is 1.80. The van der Waals surface area contributed by atoms with Crippen molar-refractivity contribution in [3.05, 3.63) is 6.42 Å². The van der Waals surface area contributed by atoms with Crippen LogP contribution in [0.25, 0.3) is 0 Å². The molecule has 0 aliphatic rings. The molecule has 0 aliphatic carbocycles. The Bertz CT molecular complexity index is 61.7. The summed E-state index contributed by atoms with van der Waals surface area (Å²) in [5.41, 5.74) is 5.38. The molecule has 0 fully saturated rings. The maximum Gasteiger partial charge on any atom is -0.00431 e. The highest BCUT2D eigenvalue weighted by molar-refractivity contribution is 4.72. The Labute approximate surface area is 65.0 Å². The first kappa shape index (κ1) is 9.96.